The highest BCUT2D eigenvalue weighted by Crippen LogP contribution is 2.40. The summed E-state index contributed by atoms with van der Waals surface area (Å²) in [6.45, 7) is 4.35. The predicted molar refractivity (Wildman–Crippen MR) is 108 cm³/mol. The summed E-state index contributed by atoms with van der Waals surface area (Å²) in [7, 11) is 1.57. The molecule has 2 aromatic rings. The summed E-state index contributed by atoms with van der Waals surface area (Å²) >= 11 is 5.92. The maximum atomic E-state index is 12.8. The van der Waals surface area contributed by atoms with Gasteiger partial charge in [0.2, 0.25) is 0 Å². The third-order valence-electron chi connectivity index (χ3n) is 4.65. The lowest BCUT2D eigenvalue weighted by molar-refractivity contribution is -0.140. The number of carbonyl (C=O) groups excluding carboxylic acids is 2. The number of rotatable bonds is 5. The number of carbonyl (C=O) groups is 2. The van der Waals surface area contributed by atoms with Crippen LogP contribution in [0.25, 0.3) is 5.76 Å². The molecule has 2 aromatic carbocycles. The van der Waals surface area contributed by atoms with E-state index < -0.39 is 17.7 Å². The van der Waals surface area contributed by atoms with Crippen LogP contribution in [0.15, 0.2) is 54.1 Å². The van der Waals surface area contributed by atoms with E-state index in [0.717, 1.165) is 5.56 Å². The molecule has 3 rings (SSSR count). The largest absolute Gasteiger partial charge is 0.507 e. The SMILES string of the molecule is COc1ccc([C@@H]2C(=C(O)c3ccc(Cl)cc3)C(=O)C(=O)N2CC(C)C)cc1. The monoisotopic (exact) mass is 399 g/mol. The zero-order valence-corrected chi connectivity index (χ0v) is 16.7. The van der Waals surface area contributed by atoms with Crippen LogP contribution in [0.5, 0.6) is 5.75 Å². The fourth-order valence-corrected chi connectivity index (χ4v) is 3.48. The molecule has 6 heteroatoms. The van der Waals surface area contributed by atoms with E-state index in [1.807, 2.05) is 13.8 Å². The quantitative estimate of drug-likeness (QED) is 0.459. The van der Waals surface area contributed by atoms with Crippen LogP contribution in [0.2, 0.25) is 5.02 Å². The number of likely N-dealkylation sites (tertiary alicyclic amines) is 1. The molecule has 0 aromatic heterocycles. The van der Waals surface area contributed by atoms with Crippen molar-refractivity contribution in [2.45, 2.75) is 19.9 Å². The van der Waals surface area contributed by atoms with E-state index in [9.17, 15) is 14.7 Å². The van der Waals surface area contributed by atoms with Gasteiger partial charge in [-0.2, -0.15) is 0 Å². The van der Waals surface area contributed by atoms with Gasteiger partial charge in [-0.25, -0.2) is 0 Å². The van der Waals surface area contributed by atoms with Crippen molar-refractivity contribution in [1.29, 1.82) is 0 Å². The minimum atomic E-state index is -0.686. The Morgan fingerprint density at radius 2 is 1.71 bits per heavy atom. The molecule has 1 aliphatic heterocycles. The van der Waals surface area contributed by atoms with Crippen LogP contribution < -0.4 is 4.74 Å². The highest BCUT2D eigenvalue weighted by molar-refractivity contribution is 6.46. The topological polar surface area (TPSA) is 66.8 Å². The van der Waals surface area contributed by atoms with Crippen molar-refractivity contribution in [2.75, 3.05) is 13.7 Å². The van der Waals surface area contributed by atoms with Gasteiger partial charge in [0.05, 0.1) is 18.7 Å². The first-order valence-electron chi connectivity index (χ1n) is 9.01. The summed E-state index contributed by atoms with van der Waals surface area (Å²) < 4.78 is 5.20. The third-order valence-corrected chi connectivity index (χ3v) is 4.90. The number of nitrogens with zero attached hydrogens (tertiary/aromatic N) is 1. The number of hydrogen-bond donors (Lipinski definition) is 1. The smallest absolute Gasteiger partial charge is 0.295 e. The summed E-state index contributed by atoms with van der Waals surface area (Å²) in [5.74, 6) is -0.669. The summed E-state index contributed by atoms with van der Waals surface area (Å²) in [5, 5.41) is 11.4. The van der Waals surface area contributed by atoms with Crippen LogP contribution >= 0.6 is 11.6 Å². The molecule has 1 atom stereocenters. The van der Waals surface area contributed by atoms with Gasteiger partial charge in [-0.3, -0.25) is 9.59 Å². The van der Waals surface area contributed by atoms with Crippen molar-refractivity contribution >= 4 is 29.1 Å². The Labute approximate surface area is 169 Å². The van der Waals surface area contributed by atoms with Gasteiger partial charge in [-0.15, -0.1) is 0 Å². The normalized spacial score (nSPS) is 18.8. The van der Waals surface area contributed by atoms with Gasteiger partial charge in [0.1, 0.15) is 11.5 Å². The molecule has 1 aliphatic rings. The van der Waals surface area contributed by atoms with Crippen LogP contribution in [-0.2, 0) is 9.59 Å². The molecule has 0 spiro atoms. The van der Waals surface area contributed by atoms with Crippen LogP contribution in [-0.4, -0.2) is 35.4 Å². The van der Waals surface area contributed by atoms with E-state index in [4.69, 9.17) is 16.3 Å². The summed E-state index contributed by atoms with van der Waals surface area (Å²) in [5.41, 5.74) is 1.25. The number of Topliss-reactive ketones (excluding diaryl/α,β-unsaturated/α-hetero) is 1. The standard InChI is InChI=1S/C22H22ClNO4/c1-13(2)12-24-19(14-6-10-17(28-3)11-7-14)18(21(26)22(24)27)20(25)15-4-8-16(23)9-5-15/h4-11,13,19,25H,12H2,1-3H3/t19-/m1/s1. The molecule has 0 radical (unpaired) electrons. The maximum absolute atomic E-state index is 12.8. The van der Waals surface area contributed by atoms with E-state index in [2.05, 4.69) is 0 Å². The second-order valence-electron chi connectivity index (χ2n) is 7.13. The minimum Gasteiger partial charge on any atom is -0.507 e. The lowest BCUT2D eigenvalue weighted by atomic mass is 9.95. The van der Waals surface area contributed by atoms with Crippen LogP contribution in [0.4, 0.5) is 0 Å². The molecule has 0 unspecified atom stereocenters. The highest BCUT2D eigenvalue weighted by atomic mass is 35.5. The molecule has 1 N–H and O–H groups in total. The predicted octanol–water partition coefficient (Wildman–Crippen LogP) is 4.43. The fourth-order valence-electron chi connectivity index (χ4n) is 3.36. The zero-order valence-electron chi connectivity index (χ0n) is 16.0. The first-order chi connectivity index (χ1) is 13.3. The highest BCUT2D eigenvalue weighted by Gasteiger charge is 2.46. The number of amides is 1. The molecule has 1 fully saturated rings. The van der Waals surface area contributed by atoms with Gasteiger partial charge in [0.25, 0.3) is 11.7 Å². The van der Waals surface area contributed by atoms with Gasteiger partial charge in [0, 0.05) is 17.1 Å². The number of aliphatic hydroxyl groups is 1. The van der Waals surface area contributed by atoms with Crippen molar-refractivity contribution in [3.8, 4) is 5.75 Å². The van der Waals surface area contributed by atoms with Gasteiger partial charge < -0.3 is 14.7 Å². The number of halogens is 1. The Morgan fingerprint density at radius 3 is 2.25 bits per heavy atom. The van der Waals surface area contributed by atoms with Gasteiger partial charge in [-0.05, 0) is 47.9 Å². The average Bonchev–Trinajstić information content (AvgIpc) is 2.92. The molecule has 5 nitrogen and oxygen atoms in total. The van der Waals surface area contributed by atoms with Gasteiger partial charge in [0.15, 0.2) is 0 Å². The molecule has 28 heavy (non-hydrogen) atoms. The first kappa shape index (κ1) is 20.0. The van der Waals surface area contributed by atoms with E-state index in [0.29, 0.717) is 22.9 Å². The Hall–Kier alpha value is -2.79. The second-order valence-corrected chi connectivity index (χ2v) is 7.56. The molecule has 1 heterocycles. The van der Waals surface area contributed by atoms with Crippen LogP contribution in [0, 0.1) is 5.92 Å². The molecule has 1 saturated heterocycles. The number of hydrogen-bond acceptors (Lipinski definition) is 4. The number of benzene rings is 2. The summed E-state index contributed by atoms with van der Waals surface area (Å²) in [4.78, 5) is 27.1. The Morgan fingerprint density at radius 1 is 1.11 bits per heavy atom. The summed E-state index contributed by atoms with van der Waals surface area (Å²) in [6, 6.07) is 13.0. The number of methoxy groups -OCH3 is 1. The van der Waals surface area contributed by atoms with E-state index in [1.165, 1.54) is 4.90 Å². The van der Waals surface area contributed by atoms with Crippen molar-refractivity contribution in [2.24, 2.45) is 5.92 Å². The zero-order chi connectivity index (χ0) is 20.4. The molecule has 146 valence electrons. The molecule has 1 amide bonds. The number of aliphatic hydroxyl groups excluding tert-OH is 1. The third kappa shape index (κ3) is 3.76. The average molecular weight is 400 g/mol. The van der Waals surface area contributed by atoms with Gasteiger partial charge in [-0.1, -0.05) is 37.6 Å². The van der Waals surface area contributed by atoms with E-state index in [-0.39, 0.29) is 17.3 Å². The molecule has 0 aliphatic carbocycles. The second kappa shape index (κ2) is 8.07. The van der Waals surface area contributed by atoms with Crippen LogP contribution in [0.1, 0.15) is 31.0 Å². The molecular formula is C22H22ClNO4. The Balaban J connectivity index is 2.16. The van der Waals surface area contributed by atoms with E-state index >= 15 is 0 Å². The number of ketones is 1. The van der Waals surface area contributed by atoms with Crippen molar-refractivity contribution < 1.29 is 19.4 Å². The fraction of sp³-hybridized carbons (Fsp3) is 0.273. The van der Waals surface area contributed by atoms with Crippen LogP contribution in [0.3, 0.4) is 0 Å². The Kier molecular flexibility index (Phi) is 5.75. The van der Waals surface area contributed by atoms with Crippen molar-refractivity contribution in [3.05, 3.63) is 70.3 Å². The first-order valence-corrected chi connectivity index (χ1v) is 9.39. The minimum absolute atomic E-state index is 0.0816. The number of ether oxygens (including phenoxy) is 1. The lowest BCUT2D eigenvalue weighted by Gasteiger charge is -2.27. The lowest BCUT2D eigenvalue weighted by Crippen LogP contribution is -2.33. The maximum Gasteiger partial charge on any atom is 0.295 e. The van der Waals surface area contributed by atoms with Crippen molar-refractivity contribution in [1.82, 2.24) is 4.90 Å². The molecule has 0 saturated carbocycles. The molecular weight excluding hydrogens is 378 g/mol. The summed E-state index contributed by atoms with van der Waals surface area (Å²) in [6.07, 6.45) is 0. The Bertz CT molecular complexity index is 917. The van der Waals surface area contributed by atoms with Crippen molar-refractivity contribution in [3.63, 3.8) is 0 Å². The van der Waals surface area contributed by atoms with E-state index in [1.54, 1.807) is 55.6 Å². The van der Waals surface area contributed by atoms with Gasteiger partial charge >= 0.3 is 0 Å². The molecule has 0 bridgehead atoms.